The van der Waals surface area contributed by atoms with Crippen LogP contribution in [0.3, 0.4) is 0 Å². The standard InChI is InChI=1S/C33H29ClFN3O6/c1-41-33(40)27-12-11-26(32(38-27)36-17-22-13-14-42-22)37-30(39)15-19-5-7-20(8-6-19)23-3-2-4-28-31(23)43-18-29(44-28)24-10-9-21(34)16-25(24)35/h2-12,16,22,29H,13-15,17-18H2,1H3,(H,36,38)(H,37,39)/t22-,29?/m0/s1. The highest BCUT2D eigenvalue weighted by molar-refractivity contribution is 6.30. The van der Waals surface area contributed by atoms with Gasteiger partial charge in [-0.25, -0.2) is 14.2 Å². The molecule has 9 nitrogen and oxygen atoms in total. The third-order valence-electron chi connectivity index (χ3n) is 7.42. The summed E-state index contributed by atoms with van der Waals surface area (Å²) < 4.78 is 36.9. The van der Waals surface area contributed by atoms with E-state index in [0.717, 1.165) is 23.1 Å². The molecule has 3 heterocycles. The zero-order chi connectivity index (χ0) is 30.6. The molecule has 226 valence electrons. The number of amides is 1. The Kier molecular flexibility index (Phi) is 8.63. The Bertz CT molecular complexity index is 1700. The van der Waals surface area contributed by atoms with E-state index in [1.54, 1.807) is 24.3 Å². The van der Waals surface area contributed by atoms with Crippen molar-refractivity contribution in [2.45, 2.75) is 25.0 Å². The second-order valence-electron chi connectivity index (χ2n) is 10.4. The normalized spacial score (nSPS) is 16.9. The minimum Gasteiger partial charge on any atom is -0.485 e. The summed E-state index contributed by atoms with van der Waals surface area (Å²) in [6.45, 7) is 1.35. The lowest BCUT2D eigenvalue weighted by molar-refractivity contribution is -0.115. The van der Waals surface area contributed by atoms with Crippen LogP contribution in [0, 0.1) is 5.82 Å². The minimum absolute atomic E-state index is 0.0562. The minimum atomic E-state index is -0.606. The van der Waals surface area contributed by atoms with Gasteiger partial charge in [0.25, 0.3) is 0 Å². The lowest BCUT2D eigenvalue weighted by Gasteiger charge is -2.28. The van der Waals surface area contributed by atoms with E-state index in [-0.39, 0.29) is 30.7 Å². The van der Waals surface area contributed by atoms with Crippen LogP contribution in [0.1, 0.15) is 34.1 Å². The first-order chi connectivity index (χ1) is 21.4. The quantitative estimate of drug-likeness (QED) is 0.213. The molecule has 0 spiro atoms. The van der Waals surface area contributed by atoms with Crippen molar-refractivity contribution in [3.8, 4) is 22.6 Å². The Morgan fingerprint density at radius 2 is 1.91 bits per heavy atom. The van der Waals surface area contributed by atoms with Crippen molar-refractivity contribution in [2.24, 2.45) is 0 Å². The number of carbonyl (C=O) groups is 2. The Hall–Kier alpha value is -4.67. The van der Waals surface area contributed by atoms with E-state index in [9.17, 15) is 14.0 Å². The van der Waals surface area contributed by atoms with Crippen LogP contribution in [0.2, 0.25) is 5.02 Å². The number of hydrogen-bond acceptors (Lipinski definition) is 8. The fraction of sp³-hybridized carbons (Fsp3) is 0.242. The van der Waals surface area contributed by atoms with Crippen LogP contribution in [0.15, 0.2) is 72.8 Å². The van der Waals surface area contributed by atoms with Crippen molar-refractivity contribution in [3.63, 3.8) is 0 Å². The summed E-state index contributed by atoms with van der Waals surface area (Å²) in [5.41, 5.74) is 3.43. The van der Waals surface area contributed by atoms with Gasteiger partial charge in [-0.05, 0) is 47.9 Å². The predicted octanol–water partition coefficient (Wildman–Crippen LogP) is 6.22. The highest BCUT2D eigenvalue weighted by Crippen LogP contribution is 2.43. The molecule has 1 aromatic heterocycles. The highest BCUT2D eigenvalue weighted by atomic mass is 35.5. The summed E-state index contributed by atoms with van der Waals surface area (Å²) in [4.78, 5) is 29.3. The first-order valence-corrected chi connectivity index (χ1v) is 14.5. The average molecular weight is 618 g/mol. The third kappa shape index (κ3) is 6.46. The maximum atomic E-state index is 14.5. The zero-order valence-corrected chi connectivity index (χ0v) is 24.5. The van der Waals surface area contributed by atoms with E-state index >= 15 is 0 Å². The average Bonchev–Trinajstić information content (AvgIpc) is 3.00. The molecule has 3 aromatic carbocycles. The molecule has 1 unspecified atom stereocenters. The van der Waals surface area contributed by atoms with E-state index in [1.807, 2.05) is 36.4 Å². The van der Waals surface area contributed by atoms with Crippen LogP contribution >= 0.6 is 11.6 Å². The van der Waals surface area contributed by atoms with Gasteiger partial charge in [-0.2, -0.15) is 0 Å². The van der Waals surface area contributed by atoms with Gasteiger partial charge in [0.05, 0.1) is 25.3 Å². The number of methoxy groups -OCH3 is 1. The zero-order valence-electron chi connectivity index (χ0n) is 23.8. The number of anilines is 2. The van der Waals surface area contributed by atoms with Crippen molar-refractivity contribution in [1.29, 1.82) is 0 Å². The predicted molar refractivity (Wildman–Crippen MR) is 163 cm³/mol. The fourth-order valence-corrected chi connectivity index (χ4v) is 5.16. The van der Waals surface area contributed by atoms with Crippen LogP contribution in [0.4, 0.5) is 15.9 Å². The molecule has 0 radical (unpaired) electrons. The summed E-state index contributed by atoms with van der Waals surface area (Å²) in [5, 5.41) is 6.37. The molecule has 0 bridgehead atoms. The van der Waals surface area contributed by atoms with Crippen LogP contribution in [-0.4, -0.2) is 49.8 Å². The molecule has 0 aliphatic carbocycles. The number of nitrogens with one attached hydrogen (secondary N) is 2. The lowest BCUT2D eigenvalue weighted by atomic mass is 10.0. The number of hydrogen-bond donors (Lipinski definition) is 2. The Morgan fingerprint density at radius 1 is 1.09 bits per heavy atom. The number of rotatable bonds is 9. The number of halogens is 2. The molecular formula is C33H29ClFN3O6. The molecule has 2 aliphatic rings. The van der Waals surface area contributed by atoms with Gasteiger partial charge in [0.15, 0.2) is 29.1 Å². The smallest absolute Gasteiger partial charge is 0.356 e. The van der Waals surface area contributed by atoms with Crippen LogP contribution in [-0.2, 0) is 20.7 Å². The summed E-state index contributed by atoms with van der Waals surface area (Å²) in [5.74, 6) is 0.177. The molecule has 4 aromatic rings. The van der Waals surface area contributed by atoms with Crippen LogP contribution < -0.4 is 20.1 Å². The van der Waals surface area contributed by atoms with Gasteiger partial charge >= 0.3 is 5.97 Å². The molecule has 1 saturated heterocycles. The van der Waals surface area contributed by atoms with Gasteiger partial charge in [-0.1, -0.05) is 54.1 Å². The molecule has 11 heteroatoms. The van der Waals surface area contributed by atoms with E-state index in [4.69, 9.17) is 30.5 Å². The lowest BCUT2D eigenvalue weighted by Crippen LogP contribution is -2.34. The number of aromatic nitrogens is 1. The van der Waals surface area contributed by atoms with Gasteiger partial charge in [0, 0.05) is 29.3 Å². The molecule has 2 aliphatic heterocycles. The van der Waals surface area contributed by atoms with Gasteiger partial charge in [0.1, 0.15) is 12.4 Å². The summed E-state index contributed by atoms with van der Waals surface area (Å²) in [6, 6.07) is 20.7. The molecular weight excluding hydrogens is 589 g/mol. The van der Waals surface area contributed by atoms with Gasteiger partial charge in [0.2, 0.25) is 5.91 Å². The molecule has 2 N–H and O–H groups in total. The number of ether oxygens (including phenoxy) is 4. The number of carbonyl (C=O) groups excluding carboxylic acids is 2. The summed E-state index contributed by atoms with van der Waals surface area (Å²) >= 11 is 5.90. The van der Waals surface area contributed by atoms with Crippen molar-refractivity contribution >= 4 is 35.0 Å². The van der Waals surface area contributed by atoms with E-state index in [2.05, 4.69) is 15.6 Å². The fourth-order valence-electron chi connectivity index (χ4n) is 5.00. The number of fused-ring (bicyclic) bond motifs is 1. The second-order valence-corrected chi connectivity index (χ2v) is 10.8. The molecule has 6 rings (SSSR count). The number of esters is 1. The first-order valence-electron chi connectivity index (χ1n) is 14.1. The molecule has 2 atom stereocenters. The summed E-state index contributed by atoms with van der Waals surface area (Å²) in [6.07, 6.45) is 0.493. The van der Waals surface area contributed by atoms with E-state index in [1.165, 1.54) is 19.2 Å². The Labute approximate surface area is 258 Å². The number of nitrogens with zero attached hydrogens (tertiary/aromatic N) is 1. The van der Waals surface area contributed by atoms with Crippen LogP contribution in [0.5, 0.6) is 11.5 Å². The van der Waals surface area contributed by atoms with Gasteiger partial charge in [-0.3, -0.25) is 4.79 Å². The number of pyridine rings is 1. The van der Waals surface area contributed by atoms with E-state index in [0.29, 0.717) is 46.7 Å². The first kappa shape index (κ1) is 29.4. The van der Waals surface area contributed by atoms with Crippen molar-refractivity contribution in [2.75, 3.05) is 37.5 Å². The van der Waals surface area contributed by atoms with Crippen molar-refractivity contribution in [1.82, 2.24) is 4.98 Å². The monoisotopic (exact) mass is 617 g/mol. The Balaban J connectivity index is 1.13. The molecule has 0 saturated carbocycles. The largest absolute Gasteiger partial charge is 0.485 e. The highest BCUT2D eigenvalue weighted by Gasteiger charge is 2.27. The van der Waals surface area contributed by atoms with Crippen molar-refractivity contribution in [3.05, 3.63) is 100 Å². The topological polar surface area (TPSA) is 108 Å². The third-order valence-corrected chi connectivity index (χ3v) is 7.66. The molecule has 1 amide bonds. The van der Waals surface area contributed by atoms with Gasteiger partial charge in [-0.15, -0.1) is 0 Å². The second kappa shape index (κ2) is 12.9. The summed E-state index contributed by atoms with van der Waals surface area (Å²) in [7, 11) is 1.29. The maximum Gasteiger partial charge on any atom is 0.356 e. The molecule has 44 heavy (non-hydrogen) atoms. The van der Waals surface area contributed by atoms with E-state index < -0.39 is 17.9 Å². The van der Waals surface area contributed by atoms with Gasteiger partial charge < -0.3 is 29.6 Å². The SMILES string of the molecule is COC(=O)c1ccc(NC(=O)Cc2ccc(-c3cccc4c3OCC(c3ccc(Cl)cc3F)O4)cc2)c(NC[C@@H]2CCO2)n1. The van der Waals surface area contributed by atoms with Crippen molar-refractivity contribution < 1.29 is 32.9 Å². The Morgan fingerprint density at radius 3 is 2.64 bits per heavy atom. The molecule has 1 fully saturated rings. The maximum absolute atomic E-state index is 14.5. The number of para-hydroxylation sites is 1. The number of benzene rings is 3. The van der Waals surface area contributed by atoms with Crippen LogP contribution in [0.25, 0.3) is 11.1 Å².